The van der Waals surface area contributed by atoms with E-state index in [-0.39, 0.29) is 5.91 Å². The average Bonchev–Trinajstić information content (AvgIpc) is 2.72. The van der Waals surface area contributed by atoms with Gasteiger partial charge in [0.15, 0.2) is 0 Å². The summed E-state index contributed by atoms with van der Waals surface area (Å²) >= 11 is 0. The second-order valence-electron chi connectivity index (χ2n) is 6.49. The van der Waals surface area contributed by atoms with Crippen molar-refractivity contribution >= 4 is 22.6 Å². The molecule has 4 nitrogen and oxygen atoms in total. The van der Waals surface area contributed by atoms with Gasteiger partial charge in [0.2, 0.25) is 0 Å². The molecule has 1 N–H and O–H groups in total. The van der Waals surface area contributed by atoms with Crippen LogP contribution in [-0.2, 0) is 16.0 Å². The summed E-state index contributed by atoms with van der Waals surface area (Å²) in [5.74, 6) is -0.687. The Labute approximate surface area is 159 Å². The van der Waals surface area contributed by atoms with E-state index in [4.69, 9.17) is 4.74 Å². The SMILES string of the molecule is COC(=O)[C@@H](CCCc1ccccc1)NC(=O)c1ccc2ccccc2c1. The molecule has 3 aromatic carbocycles. The van der Waals surface area contributed by atoms with Gasteiger partial charge in [-0.2, -0.15) is 0 Å². The van der Waals surface area contributed by atoms with E-state index < -0.39 is 12.0 Å². The van der Waals surface area contributed by atoms with Gasteiger partial charge in [-0.3, -0.25) is 4.79 Å². The number of methoxy groups -OCH3 is 1. The zero-order valence-corrected chi connectivity index (χ0v) is 15.4. The van der Waals surface area contributed by atoms with E-state index in [2.05, 4.69) is 17.4 Å². The van der Waals surface area contributed by atoms with Crippen molar-refractivity contribution in [2.24, 2.45) is 0 Å². The largest absolute Gasteiger partial charge is 0.467 e. The van der Waals surface area contributed by atoms with Crippen LogP contribution in [0.3, 0.4) is 0 Å². The number of benzene rings is 3. The lowest BCUT2D eigenvalue weighted by Gasteiger charge is -2.17. The van der Waals surface area contributed by atoms with E-state index in [1.807, 2.05) is 54.6 Å². The van der Waals surface area contributed by atoms with Gasteiger partial charge in [0.05, 0.1) is 7.11 Å². The van der Waals surface area contributed by atoms with Gasteiger partial charge in [-0.25, -0.2) is 4.79 Å². The molecule has 3 aromatic rings. The Kier molecular flexibility index (Phi) is 6.21. The van der Waals surface area contributed by atoms with Crippen LogP contribution in [0.15, 0.2) is 72.8 Å². The number of amides is 1. The quantitative estimate of drug-likeness (QED) is 0.644. The summed E-state index contributed by atoms with van der Waals surface area (Å²) in [5.41, 5.74) is 1.74. The molecule has 0 saturated heterocycles. The highest BCUT2D eigenvalue weighted by atomic mass is 16.5. The topological polar surface area (TPSA) is 55.4 Å². The summed E-state index contributed by atoms with van der Waals surface area (Å²) in [6.07, 6.45) is 2.16. The van der Waals surface area contributed by atoms with E-state index in [1.165, 1.54) is 12.7 Å². The van der Waals surface area contributed by atoms with Crippen molar-refractivity contribution in [2.45, 2.75) is 25.3 Å². The minimum absolute atomic E-state index is 0.268. The predicted molar refractivity (Wildman–Crippen MR) is 107 cm³/mol. The van der Waals surface area contributed by atoms with E-state index >= 15 is 0 Å². The number of aryl methyl sites for hydroxylation is 1. The molecule has 0 aliphatic carbocycles. The molecule has 3 rings (SSSR count). The van der Waals surface area contributed by atoms with Crippen LogP contribution in [0, 0.1) is 0 Å². The van der Waals surface area contributed by atoms with Crippen molar-refractivity contribution < 1.29 is 14.3 Å². The Morgan fingerprint density at radius 3 is 2.37 bits per heavy atom. The lowest BCUT2D eigenvalue weighted by Crippen LogP contribution is -2.41. The standard InChI is InChI=1S/C23H23NO3/c1-27-23(26)21(13-7-10-17-8-3-2-4-9-17)24-22(25)20-15-14-18-11-5-6-12-19(18)16-20/h2-6,8-9,11-12,14-16,21H,7,10,13H2,1H3,(H,24,25)/t21-/m1/s1. The maximum absolute atomic E-state index is 12.6. The summed E-state index contributed by atoms with van der Waals surface area (Å²) in [6.45, 7) is 0. The van der Waals surface area contributed by atoms with Gasteiger partial charge in [0, 0.05) is 5.56 Å². The molecule has 138 valence electrons. The number of carbonyl (C=O) groups excluding carboxylic acids is 2. The first kappa shape index (κ1) is 18.6. The van der Waals surface area contributed by atoms with Gasteiger partial charge in [-0.15, -0.1) is 0 Å². The first-order valence-electron chi connectivity index (χ1n) is 9.09. The van der Waals surface area contributed by atoms with Crippen LogP contribution in [0.4, 0.5) is 0 Å². The summed E-state index contributed by atoms with van der Waals surface area (Å²) in [6, 6.07) is 22.8. The van der Waals surface area contributed by atoms with Crippen molar-refractivity contribution in [1.29, 1.82) is 0 Å². The van der Waals surface area contributed by atoms with Crippen molar-refractivity contribution in [1.82, 2.24) is 5.32 Å². The first-order chi connectivity index (χ1) is 13.2. The van der Waals surface area contributed by atoms with E-state index in [0.29, 0.717) is 12.0 Å². The van der Waals surface area contributed by atoms with Crippen LogP contribution < -0.4 is 5.32 Å². The number of esters is 1. The normalized spacial score (nSPS) is 11.7. The Hall–Kier alpha value is -3.14. The van der Waals surface area contributed by atoms with Gasteiger partial charge in [-0.1, -0.05) is 60.7 Å². The number of nitrogens with one attached hydrogen (secondary N) is 1. The molecule has 0 heterocycles. The molecule has 0 bridgehead atoms. The lowest BCUT2D eigenvalue weighted by molar-refractivity contribution is -0.143. The van der Waals surface area contributed by atoms with Crippen LogP contribution in [0.1, 0.15) is 28.8 Å². The van der Waals surface area contributed by atoms with E-state index in [1.54, 1.807) is 6.07 Å². The Bertz CT molecular complexity index is 921. The molecule has 0 radical (unpaired) electrons. The lowest BCUT2D eigenvalue weighted by atomic mass is 10.0. The van der Waals surface area contributed by atoms with Crippen molar-refractivity contribution in [2.75, 3.05) is 7.11 Å². The first-order valence-corrected chi connectivity index (χ1v) is 9.09. The van der Waals surface area contributed by atoms with Crippen molar-refractivity contribution in [3.63, 3.8) is 0 Å². The zero-order valence-electron chi connectivity index (χ0n) is 15.4. The molecule has 0 aromatic heterocycles. The van der Waals surface area contributed by atoms with E-state index in [9.17, 15) is 9.59 Å². The third kappa shape index (κ3) is 4.94. The number of carbonyl (C=O) groups is 2. The summed E-state index contributed by atoms with van der Waals surface area (Å²) in [7, 11) is 1.34. The third-order valence-corrected chi connectivity index (χ3v) is 4.60. The van der Waals surface area contributed by atoms with Crippen LogP contribution in [0.2, 0.25) is 0 Å². The Morgan fingerprint density at radius 1 is 0.926 bits per heavy atom. The van der Waals surface area contributed by atoms with Crippen LogP contribution in [-0.4, -0.2) is 25.0 Å². The maximum Gasteiger partial charge on any atom is 0.328 e. The number of ether oxygens (including phenoxy) is 1. The van der Waals surface area contributed by atoms with Crippen molar-refractivity contribution in [3.05, 3.63) is 83.9 Å². The van der Waals surface area contributed by atoms with E-state index in [0.717, 1.165) is 23.6 Å². The molecule has 0 fully saturated rings. The van der Waals surface area contributed by atoms with Gasteiger partial charge in [0.1, 0.15) is 6.04 Å². The molecule has 1 atom stereocenters. The van der Waals surface area contributed by atoms with Crippen LogP contribution in [0.5, 0.6) is 0 Å². The van der Waals surface area contributed by atoms with Crippen LogP contribution >= 0.6 is 0 Å². The second-order valence-corrected chi connectivity index (χ2v) is 6.49. The van der Waals surface area contributed by atoms with Gasteiger partial charge in [0.25, 0.3) is 5.91 Å². The molecule has 0 spiro atoms. The third-order valence-electron chi connectivity index (χ3n) is 4.60. The maximum atomic E-state index is 12.6. The monoisotopic (exact) mass is 361 g/mol. The van der Waals surface area contributed by atoms with Crippen molar-refractivity contribution in [3.8, 4) is 0 Å². The molecule has 0 saturated carbocycles. The fourth-order valence-corrected chi connectivity index (χ4v) is 3.12. The number of hydrogen-bond donors (Lipinski definition) is 1. The molecule has 27 heavy (non-hydrogen) atoms. The second kappa shape index (κ2) is 8.99. The number of hydrogen-bond acceptors (Lipinski definition) is 3. The Morgan fingerprint density at radius 2 is 1.63 bits per heavy atom. The fourth-order valence-electron chi connectivity index (χ4n) is 3.12. The minimum Gasteiger partial charge on any atom is -0.467 e. The fraction of sp³-hybridized carbons (Fsp3) is 0.217. The molecule has 0 unspecified atom stereocenters. The highest BCUT2D eigenvalue weighted by Crippen LogP contribution is 2.16. The molecule has 0 aliphatic heterocycles. The van der Waals surface area contributed by atoms with Gasteiger partial charge >= 0.3 is 5.97 Å². The summed E-state index contributed by atoms with van der Waals surface area (Å²) in [4.78, 5) is 24.7. The summed E-state index contributed by atoms with van der Waals surface area (Å²) in [5, 5.41) is 4.88. The highest BCUT2D eigenvalue weighted by Gasteiger charge is 2.21. The minimum atomic E-state index is -0.655. The molecular weight excluding hydrogens is 338 g/mol. The zero-order chi connectivity index (χ0) is 19.1. The highest BCUT2D eigenvalue weighted by molar-refractivity contribution is 6.00. The molecule has 4 heteroatoms. The number of fused-ring (bicyclic) bond motifs is 1. The Balaban J connectivity index is 1.65. The average molecular weight is 361 g/mol. The van der Waals surface area contributed by atoms with Gasteiger partial charge in [-0.05, 0) is 47.7 Å². The predicted octanol–water partition coefficient (Wildman–Crippen LogP) is 4.13. The molecular formula is C23H23NO3. The molecule has 1 amide bonds. The molecule has 0 aliphatic rings. The summed E-state index contributed by atoms with van der Waals surface area (Å²) < 4.78 is 4.87. The number of rotatable bonds is 7. The van der Waals surface area contributed by atoms with Crippen LogP contribution in [0.25, 0.3) is 10.8 Å². The smallest absolute Gasteiger partial charge is 0.328 e. The van der Waals surface area contributed by atoms with Gasteiger partial charge < -0.3 is 10.1 Å².